The summed E-state index contributed by atoms with van der Waals surface area (Å²) in [5, 5.41) is 2.61. The Kier molecular flexibility index (Phi) is 5.03. The van der Waals surface area contributed by atoms with Crippen LogP contribution in [-0.2, 0) is 14.6 Å². The average Bonchev–Trinajstić information content (AvgIpc) is 2.79. The summed E-state index contributed by atoms with van der Waals surface area (Å²) in [5.41, 5.74) is 0.0492. The van der Waals surface area contributed by atoms with Crippen molar-refractivity contribution in [2.24, 2.45) is 0 Å². The van der Waals surface area contributed by atoms with Gasteiger partial charge in [0.2, 0.25) is 0 Å². The van der Waals surface area contributed by atoms with Gasteiger partial charge in [0.05, 0.1) is 17.1 Å². The number of rotatable bonds is 5. The molecule has 1 saturated heterocycles. The summed E-state index contributed by atoms with van der Waals surface area (Å²) < 4.78 is 41.4. The third-order valence-electron chi connectivity index (χ3n) is 3.57. The number of halogens is 1. The third-order valence-corrected chi connectivity index (χ3v) is 5.34. The molecule has 0 radical (unpaired) electrons. The van der Waals surface area contributed by atoms with E-state index in [-0.39, 0.29) is 28.6 Å². The predicted octanol–water partition coefficient (Wildman–Crippen LogP) is 1.10. The third kappa shape index (κ3) is 4.51. The molecule has 0 aliphatic carbocycles. The summed E-state index contributed by atoms with van der Waals surface area (Å²) in [6, 6.07) is 3.04. The highest BCUT2D eigenvalue weighted by molar-refractivity contribution is 7.91. The molecule has 0 saturated carbocycles. The smallest absolute Gasteiger partial charge is 0.261 e. The Bertz CT molecular complexity index is 731. The highest BCUT2D eigenvalue weighted by Crippen LogP contribution is 2.22. The van der Waals surface area contributed by atoms with Gasteiger partial charge in [-0.05, 0) is 38.5 Å². The number of nitrogens with one attached hydrogen (secondary N) is 1. The van der Waals surface area contributed by atoms with Crippen molar-refractivity contribution in [2.75, 3.05) is 11.5 Å². The van der Waals surface area contributed by atoms with Crippen LogP contribution in [0.15, 0.2) is 18.2 Å². The van der Waals surface area contributed by atoms with Crippen molar-refractivity contribution in [3.63, 3.8) is 0 Å². The van der Waals surface area contributed by atoms with E-state index in [0.29, 0.717) is 6.42 Å². The van der Waals surface area contributed by atoms with Crippen molar-refractivity contribution >= 4 is 21.5 Å². The molecule has 1 aromatic rings. The van der Waals surface area contributed by atoms with E-state index in [9.17, 15) is 22.4 Å². The van der Waals surface area contributed by atoms with Crippen molar-refractivity contribution < 1.29 is 27.1 Å². The summed E-state index contributed by atoms with van der Waals surface area (Å²) in [6.45, 7) is 2.75. The second-order valence-electron chi connectivity index (χ2n) is 5.57. The van der Waals surface area contributed by atoms with Gasteiger partial charge in [0.1, 0.15) is 11.6 Å². The number of amides is 1. The average molecular weight is 343 g/mol. The molecule has 23 heavy (non-hydrogen) atoms. The Morgan fingerprint density at radius 1 is 1.39 bits per heavy atom. The van der Waals surface area contributed by atoms with Crippen LogP contribution in [0.5, 0.6) is 5.75 Å². The van der Waals surface area contributed by atoms with E-state index in [1.807, 2.05) is 0 Å². The quantitative estimate of drug-likeness (QED) is 0.809. The maximum absolute atomic E-state index is 13.2. The fourth-order valence-corrected chi connectivity index (χ4v) is 4.02. The standard InChI is InChI=1S/C15H18FNO5S/c1-9(18)13-7-11(16)3-4-14(13)22-10(2)15(19)17-12-5-6-23(20,21)8-12/h3-4,7,10,12H,5-6,8H2,1-2H3,(H,17,19)/t10-,12-/m0/s1. The van der Waals surface area contributed by atoms with Crippen molar-refractivity contribution in [3.05, 3.63) is 29.6 Å². The zero-order chi connectivity index (χ0) is 17.2. The van der Waals surface area contributed by atoms with E-state index < -0.39 is 33.7 Å². The number of ether oxygens (including phenoxy) is 1. The molecule has 0 unspecified atom stereocenters. The van der Waals surface area contributed by atoms with Gasteiger partial charge in [-0.1, -0.05) is 0 Å². The van der Waals surface area contributed by atoms with Gasteiger partial charge in [0.15, 0.2) is 21.7 Å². The molecule has 1 N–H and O–H groups in total. The molecule has 0 aromatic heterocycles. The number of hydrogen-bond donors (Lipinski definition) is 1. The maximum Gasteiger partial charge on any atom is 0.261 e. The van der Waals surface area contributed by atoms with Gasteiger partial charge < -0.3 is 10.1 Å². The second kappa shape index (κ2) is 6.66. The van der Waals surface area contributed by atoms with E-state index in [1.165, 1.54) is 19.9 Å². The molecule has 1 heterocycles. The molecule has 1 aliphatic heterocycles. The molecule has 1 aromatic carbocycles. The molecule has 1 amide bonds. The van der Waals surface area contributed by atoms with Gasteiger partial charge >= 0.3 is 0 Å². The summed E-state index contributed by atoms with van der Waals surface area (Å²) in [4.78, 5) is 23.6. The summed E-state index contributed by atoms with van der Waals surface area (Å²) in [7, 11) is -3.09. The fraction of sp³-hybridized carbons (Fsp3) is 0.467. The number of Topliss-reactive ketones (excluding diaryl/α,β-unsaturated/α-hetero) is 1. The minimum atomic E-state index is -3.09. The Balaban J connectivity index is 2.03. The zero-order valence-corrected chi connectivity index (χ0v) is 13.7. The molecular formula is C15H18FNO5S. The molecule has 1 aliphatic rings. The number of benzene rings is 1. The van der Waals surface area contributed by atoms with Crippen molar-refractivity contribution in [1.82, 2.24) is 5.32 Å². The number of ketones is 1. The van der Waals surface area contributed by atoms with Crippen LogP contribution in [0.1, 0.15) is 30.6 Å². The minimum absolute atomic E-state index is 0.0492. The molecular weight excluding hydrogens is 325 g/mol. The minimum Gasteiger partial charge on any atom is -0.480 e. The topological polar surface area (TPSA) is 89.5 Å². The van der Waals surface area contributed by atoms with Gasteiger partial charge in [-0.25, -0.2) is 12.8 Å². The van der Waals surface area contributed by atoms with Crippen LogP contribution in [0.2, 0.25) is 0 Å². The van der Waals surface area contributed by atoms with Gasteiger partial charge in [0.25, 0.3) is 5.91 Å². The highest BCUT2D eigenvalue weighted by Gasteiger charge is 2.30. The van der Waals surface area contributed by atoms with Crippen molar-refractivity contribution in [2.45, 2.75) is 32.4 Å². The van der Waals surface area contributed by atoms with Gasteiger partial charge in [0, 0.05) is 6.04 Å². The van der Waals surface area contributed by atoms with Crippen LogP contribution in [0.25, 0.3) is 0 Å². The molecule has 126 valence electrons. The number of hydrogen-bond acceptors (Lipinski definition) is 5. The van der Waals surface area contributed by atoms with E-state index in [0.717, 1.165) is 12.1 Å². The van der Waals surface area contributed by atoms with Gasteiger partial charge in [-0.15, -0.1) is 0 Å². The van der Waals surface area contributed by atoms with Crippen LogP contribution in [0.3, 0.4) is 0 Å². The zero-order valence-electron chi connectivity index (χ0n) is 12.8. The lowest BCUT2D eigenvalue weighted by molar-refractivity contribution is -0.127. The normalized spacial score (nSPS) is 20.7. The molecule has 0 bridgehead atoms. The molecule has 2 rings (SSSR count). The van der Waals surface area contributed by atoms with Crippen LogP contribution >= 0.6 is 0 Å². The van der Waals surface area contributed by atoms with Crippen LogP contribution in [-0.4, -0.2) is 43.8 Å². The number of sulfone groups is 1. The Labute approximate surface area is 133 Å². The molecule has 2 atom stereocenters. The first-order valence-electron chi connectivity index (χ1n) is 7.16. The first-order valence-corrected chi connectivity index (χ1v) is 8.98. The lowest BCUT2D eigenvalue weighted by Gasteiger charge is -2.18. The van der Waals surface area contributed by atoms with E-state index in [2.05, 4.69) is 5.32 Å². The van der Waals surface area contributed by atoms with Crippen LogP contribution in [0, 0.1) is 5.82 Å². The Morgan fingerprint density at radius 2 is 2.09 bits per heavy atom. The number of carbonyl (C=O) groups is 2. The summed E-state index contributed by atoms with van der Waals surface area (Å²) >= 11 is 0. The largest absolute Gasteiger partial charge is 0.480 e. The molecule has 8 heteroatoms. The van der Waals surface area contributed by atoms with Crippen LogP contribution < -0.4 is 10.1 Å². The van der Waals surface area contributed by atoms with Gasteiger partial charge in [-0.3, -0.25) is 9.59 Å². The Morgan fingerprint density at radius 3 is 2.65 bits per heavy atom. The highest BCUT2D eigenvalue weighted by atomic mass is 32.2. The van der Waals surface area contributed by atoms with Gasteiger partial charge in [-0.2, -0.15) is 0 Å². The first-order chi connectivity index (χ1) is 10.7. The van der Waals surface area contributed by atoms with E-state index >= 15 is 0 Å². The van der Waals surface area contributed by atoms with E-state index in [1.54, 1.807) is 0 Å². The maximum atomic E-state index is 13.2. The SMILES string of the molecule is CC(=O)c1cc(F)ccc1O[C@@H](C)C(=O)N[C@H]1CCS(=O)(=O)C1. The lowest BCUT2D eigenvalue weighted by Crippen LogP contribution is -2.43. The van der Waals surface area contributed by atoms with Crippen molar-refractivity contribution in [1.29, 1.82) is 0 Å². The van der Waals surface area contributed by atoms with Crippen LogP contribution in [0.4, 0.5) is 4.39 Å². The summed E-state index contributed by atoms with van der Waals surface area (Å²) in [6.07, 6.45) is -0.572. The molecule has 6 nitrogen and oxygen atoms in total. The van der Waals surface area contributed by atoms with Crippen molar-refractivity contribution in [3.8, 4) is 5.75 Å². The molecule has 1 fully saturated rings. The monoisotopic (exact) mass is 343 g/mol. The van der Waals surface area contributed by atoms with E-state index in [4.69, 9.17) is 4.74 Å². The second-order valence-corrected chi connectivity index (χ2v) is 7.79. The Hall–Kier alpha value is -1.96. The fourth-order valence-electron chi connectivity index (χ4n) is 2.35. The number of carbonyl (C=O) groups excluding carboxylic acids is 2. The summed E-state index contributed by atoms with van der Waals surface area (Å²) in [5.74, 6) is -1.35. The lowest BCUT2D eigenvalue weighted by atomic mass is 10.1. The predicted molar refractivity (Wildman–Crippen MR) is 81.7 cm³/mol. The molecule has 0 spiro atoms. The first kappa shape index (κ1) is 17.4.